The van der Waals surface area contributed by atoms with Crippen molar-refractivity contribution in [2.75, 3.05) is 0 Å². The third-order valence-corrected chi connectivity index (χ3v) is 1.91. The fraction of sp³-hybridized carbons (Fsp3) is 0.143. The van der Waals surface area contributed by atoms with Gasteiger partial charge in [0, 0.05) is 7.05 Å². The summed E-state index contributed by atoms with van der Waals surface area (Å²) < 4.78 is 2.18. The van der Waals surface area contributed by atoms with Gasteiger partial charge in [-0.1, -0.05) is 0 Å². The lowest BCUT2D eigenvalue weighted by molar-refractivity contribution is 0.546. The molecule has 2 aromatic rings. The van der Waals surface area contributed by atoms with Crippen molar-refractivity contribution in [3.05, 3.63) is 27.2 Å². The average molecular weight is 194 g/mol. The minimum absolute atomic E-state index is 0.0660. The van der Waals surface area contributed by atoms with Crippen molar-refractivity contribution >= 4 is 17.6 Å². The van der Waals surface area contributed by atoms with E-state index in [1.165, 1.54) is 10.9 Å². The van der Waals surface area contributed by atoms with Crippen LogP contribution in [0.1, 0.15) is 0 Å². The number of nitrogens with one attached hydrogen (secondary N) is 1. The van der Waals surface area contributed by atoms with Crippen LogP contribution in [-0.4, -0.2) is 25.5 Å². The number of rotatable bonds is 1. The summed E-state index contributed by atoms with van der Waals surface area (Å²) in [5.74, 6) is 0. The van der Waals surface area contributed by atoms with Gasteiger partial charge in [-0.3, -0.25) is 14.6 Å². The maximum atomic E-state index is 11.3. The number of hydrogen-bond acceptors (Lipinski definition) is 4. The molecule has 0 fully saturated rings. The van der Waals surface area contributed by atoms with Crippen LogP contribution >= 0.6 is 0 Å². The molecule has 0 aliphatic rings. The van der Waals surface area contributed by atoms with Gasteiger partial charge in [0.15, 0.2) is 11.2 Å². The highest BCUT2D eigenvalue weighted by molar-refractivity contribution is 5.76. The second kappa shape index (κ2) is 2.66. The topological polar surface area (TPSA) is 89.8 Å². The highest BCUT2D eigenvalue weighted by atomic mass is 16.2. The van der Waals surface area contributed by atoms with E-state index < -0.39 is 11.2 Å². The van der Waals surface area contributed by atoms with Gasteiger partial charge in [0.25, 0.3) is 5.56 Å². The predicted octanol–water partition coefficient (Wildman–Crippen LogP) is -1.54. The number of aromatic amines is 1. The predicted molar refractivity (Wildman–Crippen MR) is 47.7 cm³/mol. The molecular formula is C7H6N4O3. The molecule has 72 valence electrons. The van der Waals surface area contributed by atoms with Crippen molar-refractivity contribution in [3.8, 4) is 0 Å². The molecule has 7 nitrogen and oxygen atoms in total. The van der Waals surface area contributed by atoms with Crippen LogP contribution < -0.4 is 11.2 Å². The summed E-state index contributed by atoms with van der Waals surface area (Å²) in [7, 11) is 1.60. The van der Waals surface area contributed by atoms with Crippen LogP contribution in [0.4, 0.5) is 0 Å². The largest absolute Gasteiger partial charge is 0.336 e. The van der Waals surface area contributed by atoms with Crippen LogP contribution in [0.25, 0.3) is 11.2 Å². The molecule has 1 N–H and O–H groups in total. The maximum Gasteiger partial charge on any atom is 0.336 e. The van der Waals surface area contributed by atoms with Gasteiger partial charge in [0.1, 0.15) is 0 Å². The quantitative estimate of drug-likeness (QED) is 0.557. The summed E-state index contributed by atoms with van der Waals surface area (Å²) in [6.07, 6.45) is 1.67. The van der Waals surface area contributed by atoms with Crippen molar-refractivity contribution in [3.63, 3.8) is 0 Å². The van der Waals surface area contributed by atoms with Gasteiger partial charge in [-0.25, -0.2) is 14.3 Å². The molecule has 0 aliphatic heterocycles. The number of carbonyl (C=O) groups excluding carboxylic acids is 1. The lowest BCUT2D eigenvalue weighted by Crippen LogP contribution is -2.30. The van der Waals surface area contributed by atoms with Crippen LogP contribution in [0, 0.1) is 0 Å². The summed E-state index contributed by atoms with van der Waals surface area (Å²) in [4.78, 5) is 38.8. The van der Waals surface area contributed by atoms with Crippen molar-refractivity contribution in [2.45, 2.75) is 0 Å². The van der Waals surface area contributed by atoms with Crippen molar-refractivity contribution < 1.29 is 4.79 Å². The zero-order chi connectivity index (χ0) is 10.3. The Morgan fingerprint density at radius 3 is 2.86 bits per heavy atom. The van der Waals surface area contributed by atoms with Gasteiger partial charge in [-0.15, -0.1) is 0 Å². The minimum atomic E-state index is -0.781. The summed E-state index contributed by atoms with van der Waals surface area (Å²) in [6.45, 7) is 0. The third kappa shape index (κ3) is 0.920. The van der Waals surface area contributed by atoms with Gasteiger partial charge in [0.2, 0.25) is 6.41 Å². The van der Waals surface area contributed by atoms with E-state index in [9.17, 15) is 14.4 Å². The van der Waals surface area contributed by atoms with Gasteiger partial charge in [0.05, 0.1) is 6.33 Å². The monoisotopic (exact) mass is 194 g/mol. The molecular weight excluding hydrogens is 188 g/mol. The van der Waals surface area contributed by atoms with Crippen LogP contribution in [0.5, 0.6) is 0 Å². The molecule has 14 heavy (non-hydrogen) atoms. The molecule has 2 rings (SSSR count). The molecule has 0 spiro atoms. The molecule has 0 amide bonds. The number of aryl methyl sites for hydroxylation is 1. The first-order chi connectivity index (χ1) is 6.65. The van der Waals surface area contributed by atoms with E-state index in [1.54, 1.807) is 7.05 Å². The van der Waals surface area contributed by atoms with Crippen molar-refractivity contribution in [1.82, 2.24) is 19.1 Å². The number of H-pyrrole nitrogens is 1. The van der Waals surface area contributed by atoms with Crippen molar-refractivity contribution in [2.24, 2.45) is 7.05 Å². The number of hydrogen-bond donors (Lipinski definition) is 1. The lowest BCUT2D eigenvalue weighted by Gasteiger charge is -1.96. The second-order valence-corrected chi connectivity index (χ2v) is 2.76. The lowest BCUT2D eigenvalue weighted by atomic mass is 10.5. The van der Waals surface area contributed by atoms with Gasteiger partial charge >= 0.3 is 5.69 Å². The molecule has 7 heteroatoms. The zero-order valence-corrected chi connectivity index (χ0v) is 7.22. The van der Waals surface area contributed by atoms with Gasteiger partial charge in [-0.05, 0) is 0 Å². The first kappa shape index (κ1) is 8.42. The van der Waals surface area contributed by atoms with E-state index in [1.807, 2.05) is 4.98 Å². The Kier molecular flexibility index (Phi) is 1.60. The summed E-state index contributed by atoms with van der Waals surface area (Å²) >= 11 is 0. The van der Waals surface area contributed by atoms with Gasteiger partial charge < -0.3 is 4.57 Å². The van der Waals surface area contributed by atoms with Crippen molar-refractivity contribution in [1.29, 1.82) is 0 Å². The molecule has 0 aromatic carbocycles. The van der Waals surface area contributed by atoms with E-state index in [0.29, 0.717) is 6.41 Å². The van der Waals surface area contributed by atoms with E-state index in [2.05, 4.69) is 4.98 Å². The first-order valence-corrected chi connectivity index (χ1v) is 3.76. The minimum Gasteiger partial charge on any atom is -0.328 e. The van der Waals surface area contributed by atoms with Crippen LogP contribution in [0.3, 0.4) is 0 Å². The molecule has 2 heterocycles. The molecule has 0 unspecified atom stereocenters. The van der Waals surface area contributed by atoms with E-state index >= 15 is 0 Å². The summed E-state index contributed by atoms with van der Waals surface area (Å²) in [6, 6.07) is 0. The van der Waals surface area contributed by atoms with Gasteiger partial charge in [-0.2, -0.15) is 0 Å². The Morgan fingerprint density at radius 2 is 2.21 bits per heavy atom. The smallest absolute Gasteiger partial charge is 0.328 e. The average Bonchev–Trinajstić information content (AvgIpc) is 2.49. The standard InChI is InChI=1S/C7H6N4O3/c1-10-2-8-5-4(10)6(13)9-7(14)11(5)3-12/h2-3H,1H3,(H,9,13,14). The van der Waals surface area contributed by atoms with Crippen LogP contribution in [0.2, 0.25) is 0 Å². The van der Waals surface area contributed by atoms with Crippen LogP contribution in [0.15, 0.2) is 15.9 Å². The molecule has 0 saturated carbocycles. The Balaban J connectivity index is 3.16. The number of imidazole rings is 1. The Labute approximate surface area is 76.6 Å². The second-order valence-electron chi connectivity index (χ2n) is 2.76. The zero-order valence-electron chi connectivity index (χ0n) is 7.22. The Bertz CT molecular complexity index is 618. The maximum absolute atomic E-state index is 11.3. The summed E-state index contributed by atoms with van der Waals surface area (Å²) in [5, 5.41) is 0. The number of fused-ring (bicyclic) bond motifs is 1. The Hall–Kier alpha value is -2.18. The normalized spacial score (nSPS) is 10.6. The number of carbonyl (C=O) groups is 1. The highest BCUT2D eigenvalue weighted by Gasteiger charge is 2.10. The summed E-state index contributed by atoms with van der Waals surface area (Å²) in [5.41, 5.74) is -1.08. The molecule has 0 aliphatic carbocycles. The SMILES string of the molecule is Cn1cnc2c1c(=O)[nH]c(=O)n2C=O. The number of aromatic nitrogens is 4. The molecule has 0 atom stereocenters. The number of nitrogens with zero attached hydrogens (tertiary/aromatic N) is 3. The van der Waals surface area contributed by atoms with E-state index in [-0.39, 0.29) is 11.2 Å². The fourth-order valence-corrected chi connectivity index (χ4v) is 1.27. The van der Waals surface area contributed by atoms with Crippen LogP contribution in [-0.2, 0) is 11.8 Å². The molecule has 0 radical (unpaired) electrons. The molecule has 0 bridgehead atoms. The van der Waals surface area contributed by atoms with E-state index in [4.69, 9.17) is 0 Å². The molecule has 2 aromatic heterocycles. The fourth-order valence-electron chi connectivity index (χ4n) is 1.27. The van der Waals surface area contributed by atoms with E-state index in [0.717, 1.165) is 4.57 Å². The Morgan fingerprint density at radius 1 is 1.50 bits per heavy atom. The molecule has 0 saturated heterocycles. The highest BCUT2D eigenvalue weighted by Crippen LogP contribution is 2.01. The first-order valence-electron chi connectivity index (χ1n) is 3.76. The third-order valence-electron chi connectivity index (χ3n) is 1.91.